The number of rotatable bonds is 6. The van der Waals surface area contributed by atoms with Crippen molar-refractivity contribution in [2.24, 2.45) is 5.92 Å². The number of piperazine rings is 1. The molecule has 5 rings (SSSR count). The average Bonchev–Trinajstić information content (AvgIpc) is 2.97. The van der Waals surface area contributed by atoms with Crippen molar-refractivity contribution >= 4 is 27.6 Å². The van der Waals surface area contributed by atoms with E-state index in [1.165, 1.54) is 16.4 Å². The fraction of sp³-hybridized carbons (Fsp3) is 0.321. The van der Waals surface area contributed by atoms with Crippen LogP contribution in [0.4, 0.5) is 5.69 Å². The Morgan fingerprint density at radius 2 is 1.32 bits per heavy atom. The minimum Gasteiger partial charge on any atom is -0.478 e. The summed E-state index contributed by atoms with van der Waals surface area (Å²) in [5.74, 6) is -0.908. The summed E-state index contributed by atoms with van der Waals surface area (Å²) in [5.41, 5.74) is 2.92. The second-order valence-corrected chi connectivity index (χ2v) is 11.5. The quantitative estimate of drug-likeness (QED) is 0.517. The maximum atomic E-state index is 13.3. The molecule has 3 aromatic rings. The van der Waals surface area contributed by atoms with E-state index in [1.54, 1.807) is 48.8 Å². The lowest BCUT2D eigenvalue weighted by Gasteiger charge is -2.38. The third-order valence-corrected chi connectivity index (χ3v) is 9.29. The third kappa shape index (κ3) is 5.41. The molecule has 198 valence electrons. The van der Waals surface area contributed by atoms with Crippen molar-refractivity contribution in [3.8, 4) is 11.1 Å². The van der Waals surface area contributed by atoms with E-state index in [0.29, 0.717) is 13.1 Å². The van der Waals surface area contributed by atoms with Crippen molar-refractivity contribution in [3.05, 3.63) is 78.6 Å². The lowest BCUT2D eigenvalue weighted by Crippen LogP contribution is -2.52. The van der Waals surface area contributed by atoms with Gasteiger partial charge in [-0.05, 0) is 60.4 Å². The highest BCUT2D eigenvalue weighted by Crippen LogP contribution is 2.27. The molecule has 38 heavy (non-hydrogen) atoms. The van der Waals surface area contributed by atoms with E-state index >= 15 is 0 Å². The average molecular weight is 535 g/mol. The minimum atomic E-state index is -3.68. The predicted molar refractivity (Wildman–Crippen MR) is 143 cm³/mol. The second kappa shape index (κ2) is 10.9. The Kier molecular flexibility index (Phi) is 7.44. The van der Waals surface area contributed by atoms with Crippen LogP contribution in [0.3, 0.4) is 0 Å². The van der Waals surface area contributed by atoms with Crippen LogP contribution >= 0.6 is 0 Å². The van der Waals surface area contributed by atoms with E-state index < -0.39 is 16.0 Å². The molecule has 0 saturated carbocycles. The Labute approximate surface area is 222 Å². The summed E-state index contributed by atoms with van der Waals surface area (Å²) in [6.07, 6.45) is 5.11. The van der Waals surface area contributed by atoms with Gasteiger partial charge in [0.25, 0.3) is 0 Å². The molecule has 3 heterocycles. The van der Waals surface area contributed by atoms with Crippen molar-refractivity contribution in [2.75, 3.05) is 44.2 Å². The third-order valence-electron chi connectivity index (χ3n) is 7.38. The lowest BCUT2D eigenvalue weighted by molar-refractivity contribution is -0.137. The van der Waals surface area contributed by atoms with Crippen LogP contribution in [0.15, 0.2) is 78.0 Å². The number of nitrogens with zero attached hydrogens (tertiary/aromatic N) is 4. The fourth-order valence-electron chi connectivity index (χ4n) is 5.12. The second-order valence-electron chi connectivity index (χ2n) is 9.60. The lowest BCUT2D eigenvalue weighted by atomic mass is 9.94. The van der Waals surface area contributed by atoms with Gasteiger partial charge in [0.2, 0.25) is 15.9 Å². The monoisotopic (exact) mass is 534 g/mol. The van der Waals surface area contributed by atoms with E-state index in [1.807, 2.05) is 17.0 Å². The molecule has 2 aliphatic rings. The van der Waals surface area contributed by atoms with Crippen LogP contribution in [0.5, 0.6) is 0 Å². The van der Waals surface area contributed by atoms with Crippen LogP contribution in [0, 0.1) is 5.92 Å². The molecular weight excluding hydrogens is 504 g/mol. The number of amides is 1. The molecule has 0 spiro atoms. The molecule has 9 nitrogen and oxygen atoms in total. The zero-order chi connectivity index (χ0) is 26.7. The van der Waals surface area contributed by atoms with Crippen LogP contribution in [0.2, 0.25) is 0 Å². The fourth-order valence-corrected chi connectivity index (χ4v) is 6.54. The summed E-state index contributed by atoms with van der Waals surface area (Å²) in [6.45, 7) is 2.93. The van der Waals surface area contributed by atoms with Gasteiger partial charge in [-0.1, -0.05) is 24.3 Å². The Balaban J connectivity index is 1.16. The minimum absolute atomic E-state index is 0.0339. The first kappa shape index (κ1) is 25.9. The molecule has 0 atom stereocenters. The molecule has 1 amide bonds. The first-order valence-corrected chi connectivity index (χ1v) is 14.1. The van der Waals surface area contributed by atoms with Crippen molar-refractivity contribution < 1.29 is 23.1 Å². The van der Waals surface area contributed by atoms with Gasteiger partial charge in [-0.2, -0.15) is 4.31 Å². The molecule has 0 bridgehead atoms. The Bertz CT molecular complexity index is 1380. The van der Waals surface area contributed by atoms with Crippen molar-refractivity contribution in [2.45, 2.75) is 17.7 Å². The number of piperidine rings is 1. The summed E-state index contributed by atoms with van der Waals surface area (Å²) >= 11 is 0. The van der Waals surface area contributed by atoms with Crippen molar-refractivity contribution in [1.29, 1.82) is 0 Å². The maximum absolute atomic E-state index is 13.3. The molecule has 2 aliphatic heterocycles. The first-order chi connectivity index (χ1) is 18.3. The van der Waals surface area contributed by atoms with Gasteiger partial charge in [-0.15, -0.1) is 0 Å². The van der Waals surface area contributed by atoms with Gasteiger partial charge >= 0.3 is 5.97 Å². The summed E-state index contributed by atoms with van der Waals surface area (Å²) in [5, 5.41) is 9.06. The topological polar surface area (TPSA) is 111 Å². The number of benzene rings is 2. The Morgan fingerprint density at radius 3 is 1.87 bits per heavy atom. The number of sulfonamides is 1. The van der Waals surface area contributed by atoms with Gasteiger partial charge in [0.1, 0.15) is 0 Å². The Morgan fingerprint density at radius 1 is 0.763 bits per heavy atom. The van der Waals surface area contributed by atoms with Crippen LogP contribution in [0.25, 0.3) is 11.1 Å². The largest absolute Gasteiger partial charge is 0.478 e. The molecule has 0 radical (unpaired) electrons. The maximum Gasteiger partial charge on any atom is 0.335 e. The predicted octanol–water partition coefficient (Wildman–Crippen LogP) is 3.20. The van der Waals surface area contributed by atoms with Crippen LogP contribution in [0.1, 0.15) is 23.2 Å². The van der Waals surface area contributed by atoms with E-state index in [0.717, 1.165) is 42.7 Å². The Hall–Kier alpha value is -3.76. The number of carboxylic acids is 1. The van der Waals surface area contributed by atoms with Crippen molar-refractivity contribution in [3.63, 3.8) is 0 Å². The van der Waals surface area contributed by atoms with Gasteiger partial charge < -0.3 is 14.9 Å². The highest BCUT2D eigenvalue weighted by molar-refractivity contribution is 7.89. The summed E-state index contributed by atoms with van der Waals surface area (Å²) in [6, 6.07) is 17.0. The summed E-state index contributed by atoms with van der Waals surface area (Å²) in [4.78, 5) is 32.5. The smallest absolute Gasteiger partial charge is 0.335 e. The van der Waals surface area contributed by atoms with Gasteiger partial charge in [0.15, 0.2) is 0 Å². The summed E-state index contributed by atoms with van der Waals surface area (Å²) in [7, 11) is -3.68. The van der Waals surface area contributed by atoms with Crippen LogP contribution < -0.4 is 4.90 Å². The molecular formula is C28H30N4O5S. The van der Waals surface area contributed by atoms with Crippen LogP contribution in [-0.4, -0.2) is 78.9 Å². The van der Waals surface area contributed by atoms with E-state index in [9.17, 15) is 18.0 Å². The molecule has 2 fully saturated rings. The van der Waals surface area contributed by atoms with Gasteiger partial charge in [0, 0.05) is 63.3 Å². The molecule has 2 saturated heterocycles. The highest BCUT2D eigenvalue weighted by Gasteiger charge is 2.34. The van der Waals surface area contributed by atoms with E-state index in [-0.39, 0.29) is 35.4 Å². The molecule has 1 aromatic heterocycles. The number of carboxylic acid groups (broad SMARTS) is 1. The number of aromatic nitrogens is 1. The van der Waals surface area contributed by atoms with E-state index in [4.69, 9.17) is 5.11 Å². The first-order valence-electron chi connectivity index (χ1n) is 12.7. The number of carbonyl (C=O) groups excluding carboxylic acids is 1. The number of carbonyl (C=O) groups is 2. The standard InChI is InChI=1S/C28H30N4O5S/c33-27(23-11-15-30(16-12-23)25-9-13-29-14-10-25)31-17-19-32(20-18-31)38(36,37)26-7-5-22(6-8-26)21-1-3-24(4-2-21)28(34)35/h1-10,13-14,23H,11-12,15-20H2,(H,34,35). The summed E-state index contributed by atoms with van der Waals surface area (Å²) < 4.78 is 27.9. The van der Waals surface area contributed by atoms with E-state index in [2.05, 4.69) is 9.88 Å². The van der Waals surface area contributed by atoms with Gasteiger partial charge in [-0.25, -0.2) is 13.2 Å². The van der Waals surface area contributed by atoms with Gasteiger partial charge in [-0.3, -0.25) is 9.78 Å². The number of anilines is 1. The zero-order valence-corrected chi connectivity index (χ0v) is 21.8. The number of pyridine rings is 1. The molecule has 0 aliphatic carbocycles. The SMILES string of the molecule is O=C(O)c1ccc(-c2ccc(S(=O)(=O)N3CCN(C(=O)C4CCN(c5ccncc5)CC4)CC3)cc2)cc1. The molecule has 1 N–H and O–H groups in total. The molecule has 10 heteroatoms. The van der Waals surface area contributed by atoms with Crippen molar-refractivity contribution in [1.82, 2.24) is 14.2 Å². The normalized spacial score (nSPS) is 17.4. The number of hydrogen-bond acceptors (Lipinski definition) is 6. The van der Waals surface area contributed by atoms with Gasteiger partial charge in [0.05, 0.1) is 10.5 Å². The zero-order valence-electron chi connectivity index (χ0n) is 20.9. The highest BCUT2D eigenvalue weighted by atomic mass is 32.2. The number of aromatic carboxylic acids is 1. The number of hydrogen-bond donors (Lipinski definition) is 1. The molecule has 0 unspecified atom stereocenters. The van der Waals surface area contributed by atoms with Crippen LogP contribution in [-0.2, 0) is 14.8 Å². The molecule has 2 aromatic carbocycles.